The number of rotatable bonds is 6. The lowest BCUT2D eigenvalue weighted by molar-refractivity contribution is 0.0321. The first-order valence-corrected chi connectivity index (χ1v) is 6.24. The van der Waals surface area contributed by atoms with Crippen molar-refractivity contribution in [2.24, 2.45) is 11.7 Å². The van der Waals surface area contributed by atoms with Crippen molar-refractivity contribution in [3.05, 3.63) is 0 Å². The molecule has 90 valence electrons. The van der Waals surface area contributed by atoms with E-state index >= 15 is 0 Å². The molecule has 0 aromatic heterocycles. The van der Waals surface area contributed by atoms with Crippen molar-refractivity contribution >= 4 is 0 Å². The van der Waals surface area contributed by atoms with E-state index < -0.39 is 5.60 Å². The SMILES string of the molecule is CCC(O)(CN)CCCN1CCC(C)C1. The maximum Gasteiger partial charge on any atom is 0.0767 e. The summed E-state index contributed by atoms with van der Waals surface area (Å²) < 4.78 is 0. The van der Waals surface area contributed by atoms with E-state index in [1.165, 1.54) is 19.5 Å². The third-order valence-electron chi connectivity index (χ3n) is 3.66. The van der Waals surface area contributed by atoms with Crippen molar-refractivity contribution in [1.82, 2.24) is 4.90 Å². The van der Waals surface area contributed by atoms with Gasteiger partial charge in [-0.15, -0.1) is 0 Å². The molecule has 0 saturated carbocycles. The fourth-order valence-electron chi connectivity index (χ4n) is 2.28. The van der Waals surface area contributed by atoms with Gasteiger partial charge in [0.1, 0.15) is 0 Å². The highest BCUT2D eigenvalue weighted by molar-refractivity contribution is 4.79. The Morgan fingerprint density at radius 3 is 2.73 bits per heavy atom. The Balaban J connectivity index is 2.15. The van der Waals surface area contributed by atoms with Crippen LogP contribution in [0.2, 0.25) is 0 Å². The molecule has 3 heteroatoms. The Labute approximate surface area is 93.6 Å². The Kier molecular flexibility index (Phi) is 5.03. The molecule has 3 N–H and O–H groups in total. The molecule has 0 aromatic rings. The van der Waals surface area contributed by atoms with Crippen LogP contribution >= 0.6 is 0 Å². The Hall–Kier alpha value is -0.120. The summed E-state index contributed by atoms with van der Waals surface area (Å²) in [4.78, 5) is 2.50. The number of likely N-dealkylation sites (tertiary alicyclic amines) is 1. The van der Waals surface area contributed by atoms with Crippen LogP contribution in [0.25, 0.3) is 0 Å². The molecule has 0 radical (unpaired) electrons. The van der Waals surface area contributed by atoms with Gasteiger partial charge in [0, 0.05) is 13.1 Å². The van der Waals surface area contributed by atoms with Crippen molar-refractivity contribution in [1.29, 1.82) is 0 Å². The standard InChI is InChI=1S/C12H26N2O/c1-3-12(15,10-13)6-4-7-14-8-5-11(2)9-14/h11,15H,3-10,13H2,1-2H3. The minimum atomic E-state index is -0.620. The van der Waals surface area contributed by atoms with Gasteiger partial charge in [-0.2, -0.15) is 0 Å². The Morgan fingerprint density at radius 1 is 1.53 bits per heavy atom. The minimum absolute atomic E-state index is 0.389. The smallest absolute Gasteiger partial charge is 0.0767 e. The first-order valence-electron chi connectivity index (χ1n) is 6.24. The zero-order valence-electron chi connectivity index (χ0n) is 10.2. The van der Waals surface area contributed by atoms with Crippen molar-refractivity contribution in [2.45, 2.75) is 45.1 Å². The number of nitrogens with two attached hydrogens (primary N) is 1. The van der Waals surface area contributed by atoms with Gasteiger partial charge in [0.2, 0.25) is 0 Å². The van der Waals surface area contributed by atoms with Gasteiger partial charge in [-0.25, -0.2) is 0 Å². The Morgan fingerprint density at radius 2 is 2.27 bits per heavy atom. The molecule has 0 spiro atoms. The van der Waals surface area contributed by atoms with Crippen LogP contribution in [0, 0.1) is 5.92 Å². The lowest BCUT2D eigenvalue weighted by Crippen LogP contribution is -2.37. The topological polar surface area (TPSA) is 49.5 Å². The maximum absolute atomic E-state index is 10.0. The van der Waals surface area contributed by atoms with Gasteiger partial charge in [0.15, 0.2) is 0 Å². The molecular formula is C12H26N2O. The predicted octanol–water partition coefficient (Wildman–Crippen LogP) is 1.21. The quantitative estimate of drug-likeness (QED) is 0.698. The van der Waals surface area contributed by atoms with E-state index in [4.69, 9.17) is 5.73 Å². The molecule has 0 amide bonds. The van der Waals surface area contributed by atoms with E-state index in [0.29, 0.717) is 6.54 Å². The number of hydrogen-bond donors (Lipinski definition) is 2. The highest BCUT2D eigenvalue weighted by atomic mass is 16.3. The molecule has 15 heavy (non-hydrogen) atoms. The molecule has 1 heterocycles. The summed E-state index contributed by atoms with van der Waals surface area (Å²) in [5.74, 6) is 0.851. The summed E-state index contributed by atoms with van der Waals surface area (Å²) >= 11 is 0. The van der Waals surface area contributed by atoms with Crippen LogP contribution in [0.4, 0.5) is 0 Å². The molecule has 0 aromatic carbocycles. The van der Waals surface area contributed by atoms with E-state index in [1.807, 2.05) is 6.92 Å². The van der Waals surface area contributed by atoms with Crippen LogP contribution in [0.1, 0.15) is 39.5 Å². The van der Waals surface area contributed by atoms with Crippen molar-refractivity contribution in [3.8, 4) is 0 Å². The molecule has 3 nitrogen and oxygen atoms in total. The minimum Gasteiger partial charge on any atom is -0.389 e. The summed E-state index contributed by atoms with van der Waals surface area (Å²) in [5, 5.41) is 10.0. The zero-order chi connectivity index (χ0) is 11.3. The van der Waals surface area contributed by atoms with Crippen LogP contribution in [0.3, 0.4) is 0 Å². The van der Waals surface area contributed by atoms with Gasteiger partial charge in [0.05, 0.1) is 5.60 Å². The van der Waals surface area contributed by atoms with Gasteiger partial charge < -0.3 is 15.7 Å². The van der Waals surface area contributed by atoms with Crippen molar-refractivity contribution < 1.29 is 5.11 Å². The third-order valence-corrected chi connectivity index (χ3v) is 3.66. The molecule has 0 aliphatic carbocycles. The van der Waals surface area contributed by atoms with Crippen LogP contribution in [0.5, 0.6) is 0 Å². The van der Waals surface area contributed by atoms with Gasteiger partial charge in [-0.05, 0) is 44.7 Å². The molecule has 1 fully saturated rings. The van der Waals surface area contributed by atoms with Crippen LogP contribution in [-0.2, 0) is 0 Å². The maximum atomic E-state index is 10.0. The molecule has 2 unspecified atom stereocenters. The lowest BCUT2D eigenvalue weighted by atomic mass is 9.95. The highest BCUT2D eigenvalue weighted by Crippen LogP contribution is 2.19. The summed E-state index contributed by atoms with van der Waals surface area (Å²) in [5.41, 5.74) is 4.95. The summed E-state index contributed by atoms with van der Waals surface area (Å²) in [7, 11) is 0. The fraction of sp³-hybridized carbons (Fsp3) is 1.00. The Bertz CT molecular complexity index is 180. The summed E-state index contributed by atoms with van der Waals surface area (Å²) in [6.45, 7) is 8.28. The number of nitrogens with zero attached hydrogens (tertiary/aromatic N) is 1. The molecule has 0 bridgehead atoms. The molecule has 2 atom stereocenters. The molecule has 1 aliphatic heterocycles. The molecule has 1 aliphatic rings. The van der Waals surface area contributed by atoms with Crippen molar-refractivity contribution in [3.63, 3.8) is 0 Å². The van der Waals surface area contributed by atoms with E-state index in [0.717, 1.165) is 31.7 Å². The monoisotopic (exact) mass is 214 g/mol. The first kappa shape index (κ1) is 12.9. The van der Waals surface area contributed by atoms with Gasteiger partial charge in [-0.1, -0.05) is 13.8 Å². The highest BCUT2D eigenvalue weighted by Gasteiger charge is 2.23. The van der Waals surface area contributed by atoms with Crippen LogP contribution < -0.4 is 5.73 Å². The third kappa shape index (κ3) is 4.09. The second-order valence-electron chi connectivity index (χ2n) is 5.08. The van der Waals surface area contributed by atoms with Crippen LogP contribution in [-0.4, -0.2) is 41.8 Å². The zero-order valence-corrected chi connectivity index (χ0v) is 10.2. The first-order chi connectivity index (χ1) is 7.09. The lowest BCUT2D eigenvalue weighted by Gasteiger charge is -2.26. The summed E-state index contributed by atoms with van der Waals surface area (Å²) in [6.07, 6.45) is 3.99. The van der Waals surface area contributed by atoms with Crippen LogP contribution in [0.15, 0.2) is 0 Å². The second-order valence-corrected chi connectivity index (χ2v) is 5.08. The molecular weight excluding hydrogens is 188 g/mol. The van der Waals surface area contributed by atoms with E-state index in [1.54, 1.807) is 0 Å². The molecule has 1 saturated heterocycles. The van der Waals surface area contributed by atoms with Gasteiger partial charge in [-0.3, -0.25) is 0 Å². The fourth-order valence-corrected chi connectivity index (χ4v) is 2.28. The molecule has 1 rings (SSSR count). The van der Waals surface area contributed by atoms with E-state index in [-0.39, 0.29) is 0 Å². The van der Waals surface area contributed by atoms with E-state index in [2.05, 4.69) is 11.8 Å². The predicted molar refractivity (Wildman–Crippen MR) is 63.8 cm³/mol. The normalized spacial score (nSPS) is 26.8. The van der Waals surface area contributed by atoms with Gasteiger partial charge >= 0.3 is 0 Å². The van der Waals surface area contributed by atoms with E-state index in [9.17, 15) is 5.11 Å². The van der Waals surface area contributed by atoms with Gasteiger partial charge in [0.25, 0.3) is 0 Å². The number of hydrogen-bond acceptors (Lipinski definition) is 3. The average Bonchev–Trinajstić information content (AvgIpc) is 2.64. The number of aliphatic hydroxyl groups is 1. The van der Waals surface area contributed by atoms with Crippen molar-refractivity contribution in [2.75, 3.05) is 26.2 Å². The average molecular weight is 214 g/mol. The summed E-state index contributed by atoms with van der Waals surface area (Å²) in [6, 6.07) is 0. The second kappa shape index (κ2) is 5.83. The largest absolute Gasteiger partial charge is 0.389 e.